The molecule has 0 atom stereocenters. The molecule has 1 amide bonds. The van der Waals surface area contributed by atoms with Crippen LogP contribution in [0.15, 0.2) is 46.7 Å². The number of nitrogens with one attached hydrogen (secondary N) is 2. The minimum atomic E-state index is -0.00308. The fourth-order valence-electron chi connectivity index (χ4n) is 4.50. The Balaban J connectivity index is 1.22. The van der Waals surface area contributed by atoms with Crippen LogP contribution in [0.5, 0.6) is 0 Å². The standard InChI is InChI=1S/C26H30N6O2S/c1-17(2)11-14-31-25(34)24-21(12-15-35-24)32-22(29-30-26(31)32)8-5-9-23(33)27-13-10-18-16-28-20-7-4-3-6-19(18)20/h3-4,6-7,12,15-17,28H,5,8-11,13-14H2,1-2H3,(H,27,33). The Kier molecular flexibility index (Phi) is 6.68. The van der Waals surface area contributed by atoms with Crippen LogP contribution in [0.25, 0.3) is 26.9 Å². The molecular weight excluding hydrogens is 460 g/mol. The highest BCUT2D eigenvalue weighted by molar-refractivity contribution is 7.17. The van der Waals surface area contributed by atoms with E-state index in [1.807, 2.05) is 34.2 Å². The molecule has 182 valence electrons. The molecule has 5 rings (SSSR count). The second-order valence-electron chi connectivity index (χ2n) is 9.34. The van der Waals surface area contributed by atoms with Gasteiger partial charge in [0.25, 0.3) is 5.56 Å². The molecule has 1 aromatic carbocycles. The zero-order valence-electron chi connectivity index (χ0n) is 20.1. The number of para-hydroxylation sites is 1. The van der Waals surface area contributed by atoms with Gasteiger partial charge in [-0.05, 0) is 48.3 Å². The van der Waals surface area contributed by atoms with Crippen molar-refractivity contribution in [2.45, 2.75) is 52.5 Å². The Labute approximate surface area is 207 Å². The number of benzene rings is 1. The lowest BCUT2D eigenvalue weighted by Crippen LogP contribution is -2.25. The van der Waals surface area contributed by atoms with Crippen molar-refractivity contribution in [3.8, 4) is 0 Å². The number of aromatic amines is 1. The highest BCUT2D eigenvalue weighted by Crippen LogP contribution is 2.21. The summed E-state index contributed by atoms with van der Waals surface area (Å²) in [6, 6.07) is 10.1. The molecular formula is C26H30N6O2S. The third-order valence-electron chi connectivity index (χ3n) is 6.40. The molecule has 2 N–H and O–H groups in total. The maximum absolute atomic E-state index is 13.0. The van der Waals surface area contributed by atoms with Crippen molar-refractivity contribution >= 4 is 44.1 Å². The maximum Gasteiger partial charge on any atom is 0.272 e. The molecule has 0 saturated heterocycles. The first-order valence-corrected chi connectivity index (χ1v) is 13.1. The van der Waals surface area contributed by atoms with Crippen molar-refractivity contribution in [3.05, 3.63) is 63.7 Å². The number of aryl methyl sites for hydroxylation is 2. The van der Waals surface area contributed by atoms with Crippen LogP contribution < -0.4 is 10.9 Å². The Morgan fingerprint density at radius 1 is 1.17 bits per heavy atom. The number of hydrogen-bond donors (Lipinski definition) is 2. The Morgan fingerprint density at radius 2 is 2.03 bits per heavy atom. The molecule has 0 saturated carbocycles. The summed E-state index contributed by atoms with van der Waals surface area (Å²) in [5.74, 6) is 1.89. The van der Waals surface area contributed by atoms with E-state index in [4.69, 9.17) is 0 Å². The van der Waals surface area contributed by atoms with Gasteiger partial charge < -0.3 is 10.3 Å². The van der Waals surface area contributed by atoms with Gasteiger partial charge in [-0.2, -0.15) is 0 Å². The predicted molar refractivity (Wildman–Crippen MR) is 140 cm³/mol. The number of nitrogens with zero attached hydrogens (tertiary/aromatic N) is 4. The van der Waals surface area contributed by atoms with E-state index >= 15 is 0 Å². The zero-order chi connectivity index (χ0) is 24.4. The van der Waals surface area contributed by atoms with Crippen LogP contribution in [0.3, 0.4) is 0 Å². The molecule has 0 aliphatic carbocycles. The number of carbonyl (C=O) groups is 1. The molecule has 9 heteroatoms. The molecule has 0 unspecified atom stereocenters. The van der Waals surface area contributed by atoms with E-state index in [0.717, 1.165) is 34.4 Å². The number of fused-ring (bicyclic) bond motifs is 4. The zero-order valence-corrected chi connectivity index (χ0v) is 20.9. The Morgan fingerprint density at radius 3 is 2.89 bits per heavy atom. The average Bonchev–Trinajstić information content (AvgIpc) is 3.58. The first-order valence-electron chi connectivity index (χ1n) is 12.2. The van der Waals surface area contributed by atoms with Crippen LogP contribution in [-0.4, -0.2) is 36.6 Å². The van der Waals surface area contributed by atoms with Gasteiger partial charge in [-0.1, -0.05) is 32.0 Å². The summed E-state index contributed by atoms with van der Waals surface area (Å²) in [5.41, 5.74) is 3.17. The van der Waals surface area contributed by atoms with E-state index in [9.17, 15) is 9.59 Å². The van der Waals surface area contributed by atoms with Crippen molar-refractivity contribution in [1.29, 1.82) is 0 Å². The van der Waals surface area contributed by atoms with Crippen molar-refractivity contribution in [2.24, 2.45) is 5.92 Å². The highest BCUT2D eigenvalue weighted by atomic mass is 32.1. The second-order valence-corrected chi connectivity index (χ2v) is 10.3. The molecule has 0 aliphatic rings. The molecule has 8 nitrogen and oxygen atoms in total. The minimum absolute atomic E-state index is 0.00308. The Bertz CT molecular complexity index is 1540. The van der Waals surface area contributed by atoms with E-state index in [1.165, 1.54) is 22.3 Å². The summed E-state index contributed by atoms with van der Waals surface area (Å²) in [6.45, 7) is 5.51. The van der Waals surface area contributed by atoms with Gasteiger partial charge in [0, 0.05) is 43.0 Å². The molecule has 0 bridgehead atoms. The fraction of sp³-hybridized carbons (Fsp3) is 0.385. The smallest absolute Gasteiger partial charge is 0.272 e. The van der Waals surface area contributed by atoms with Gasteiger partial charge in [-0.25, -0.2) is 0 Å². The summed E-state index contributed by atoms with van der Waals surface area (Å²) in [7, 11) is 0. The van der Waals surface area contributed by atoms with Crippen LogP contribution >= 0.6 is 11.3 Å². The quantitative estimate of drug-likeness (QED) is 0.305. The lowest BCUT2D eigenvalue weighted by atomic mass is 10.1. The summed E-state index contributed by atoms with van der Waals surface area (Å²) in [6.07, 6.45) is 5.39. The molecule has 0 aliphatic heterocycles. The Hall–Kier alpha value is -3.46. The SMILES string of the molecule is CC(C)CCn1c(=O)c2sccc2n2c(CCCC(=O)NCCc3c[nH]c4ccccc34)nnc12. The van der Waals surface area contributed by atoms with Crippen LogP contribution in [-0.2, 0) is 24.2 Å². The number of hydrogen-bond acceptors (Lipinski definition) is 5. The predicted octanol–water partition coefficient (Wildman–Crippen LogP) is 4.31. The highest BCUT2D eigenvalue weighted by Gasteiger charge is 2.17. The molecule has 4 heterocycles. The third kappa shape index (κ3) is 4.73. The molecule has 0 radical (unpaired) electrons. The summed E-state index contributed by atoms with van der Waals surface area (Å²) in [4.78, 5) is 28.7. The molecule has 5 aromatic rings. The van der Waals surface area contributed by atoms with Gasteiger partial charge in [-0.15, -0.1) is 21.5 Å². The second kappa shape index (κ2) is 10.0. The molecule has 4 aromatic heterocycles. The third-order valence-corrected chi connectivity index (χ3v) is 7.30. The van der Waals surface area contributed by atoms with E-state index in [2.05, 4.69) is 46.5 Å². The fourth-order valence-corrected chi connectivity index (χ4v) is 5.33. The van der Waals surface area contributed by atoms with Gasteiger partial charge in [0.15, 0.2) is 0 Å². The van der Waals surface area contributed by atoms with Gasteiger partial charge in [0.2, 0.25) is 11.7 Å². The van der Waals surface area contributed by atoms with Crippen molar-refractivity contribution < 1.29 is 4.79 Å². The number of amides is 1. The number of rotatable bonds is 10. The number of carbonyl (C=O) groups excluding carboxylic acids is 1. The van der Waals surface area contributed by atoms with E-state index in [-0.39, 0.29) is 11.5 Å². The number of aromatic nitrogens is 5. The average molecular weight is 491 g/mol. The van der Waals surface area contributed by atoms with Crippen LogP contribution in [0, 0.1) is 5.92 Å². The molecule has 0 fully saturated rings. The molecule has 0 spiro atoms. The summed E-state index contributed by atoms with van der Waals surface area (Å²) < 4.78 is 4.45. The summed E-state index contributed by atoms with van der Waals surface area (Å²) in [5, 5.41) is 14.9. The normalized spacial score (nSPS) is 11.9. The first kappa shape index (κ1) is 23.3. The van der Waals surface area contributed by atoms with Gasteiger partial charge >= 0.3 is 0 Å². The van der Waals surface area contributed by atoms with Gasteiger partial charge in [-0.3, -0.25) is 18.6 Å². The number of thiophene rings is 1. The van der Waals surface area contributed by atoms with Gasteiger partial charge in [0.1, 0.15) is 10.5 Å². The van der Waals surface area contributed by atoms with Gasteiger partial charge in [0.05, 0.1) is 5.52 Å². The van der Waals surface area contributed by atoms with Crippen LogP contribution in [0.4, 0.5) is 0 Å². The van der Waals surface area contributed by atoms with Crippen molar-refractivity contribution in [3.63, 3.8) is 0 Å². The summed E-state index contributed by atoms with van der Waals surface area (Å²) >= 11 is 1.45. The topological polar surface area (TPSA) is 97.1 Å². The lowest BCUT2D eigenvalue weighted by Gasteiger charge is -2.11. The van der Waals surface area contributed by atoms with Crippen LogP contribution in [0.2, 0.25) is 0 Å². The monoisotopic (exact) mass is 490 g/mol. The van der Waals surface area contributed by atoms with E-state index < -0.39 is 0 Å². The van der Waals surface area contributed by atoms with Crippen molar-refractivity contribution in [2.75, 3.05) is 6.54 Å². The largest absolute Gasteiger partial charge is 0.361 e. The maximum atomic E-state index is 13.0. The minimum Gasteiger partial charge on any atom is -0.361 e. The van der Waals surface area contributed by atoms with E-state index in [0.29, 0.717) is 44.0 Å². The lowest BCUT2D eigenvalue weighted by molar-refractivity contribution is -0.121. The van der Waals surface area contributed by atoms with Crippen molar-refractivity contribution in [1.82, 2.24) is 29.5 Å². The first-order chi connectivity index (χ1) is 17.0. The molecule has 35 heavy (non-hydrogen) atoms. The van der Waals surface area contributed by atoms with Crippen LogP contribution in [0.1, 0.15) is 44.5 Å². The number of H-pyrrole nitrogens is 1. The van der Waals surface area contributed by atoms with E-state index in [1.54, 1.807) is 4.57 Å².